The molecule has 9 heteroatoms. The summed E-state index contributed by atoms with van der Waals surface area (Å²) in [6.45, 7) is 2.64. The first-order valence-electron chi connectivity index (χ1n) is 7.93. The lowest BCUT2D eigenvalue weighted by atomic mass is 10.1. The molecule has 0 radical (unpaired) electrons. The molecule has 0 bridgehead atoms. The fourth-order valence-corrected chi connectivity index (χ4v) is 4.21. The number of primary sulfonamides is 1. The van der Waals surface area contributed by atoms with E-state index in [1.54, 1.807) is 23.9 Å². The van der Waals surface area contributed by atoms with Gasteiger partial charge in [-0.3, -0.25) is 4.57 Å². The van der Waals surface area contributed by atoms with Crippen molar-refractivity contribution in [2.24, 2.45) is 5.14 Å². The van der Waals surface area contributed by atoms with E-state index in [1.807, 2.05) is 19.1 Å². The lowest BCUT2D eigenvalue weighted by Crippen LogP contribution is -2.30. The zero-order valence-electron chi connectivity index (χ0n) is 14.0. The second kappa shape index (κ2) is 6.42. The first-order chi connectivity index (χ1) is 12.4. The van der Waals surface area contributed by atoms with Crippen LogP contribution in [0.3, 0.4) is 0 Å². The molecule has 0 unspecified atom stereocenters. The number of anilines is 1. The number of sulfonamides is 1. The van der Waals surface area contributed by atoms with Crippen LogP contribution in [0.5, 0.6) is 0 Å². The van der Waals surface area contributed by atoms with E-state index >= 15 is 0 Å². The molecule has 2 N–H and O–H groups in total. The summed E-state index contributed by atoms with van der Waals surface area (Å²) < 4.78 is 24.9. The van der Waals surface area contributed by atoms with Crippen molar-refractivity contribution >= 4 is 27.5 Å². The Morgan fingerprint density at radius 2 is 1.73 bits per heavy atom. The smallest absolute Gasteiger partial charge is 0.238 e. The van der Waals surface area contributed by atoms with Gasteiger partial charge in [0, 0.05) is 11.3 Å². The van der Waals surface area contributed by atoms with Crippen molar-refractivity contribution < 1.29 is 8.42 Å². The van der Waals surface area contributed by atoms with E-state index < -0.39 is 10.0 Å². The molecule has 0 fully saturated rings. The summed E-state index contributed by atoms with van der Waals surface area (Å²) in [4.78, 5) is 2.24. The lowest BCUT2D eigenvalue weighted by molar-refractivity contribution is 0.597. The van der Waals surface area contributed by atoms with E-state index in [2.05, 4.69) is 31.8 Å². The molecule has 7 nitrogen and oxygen atoms in total. The third-order valence-corrected chi connectivity index (χ3v) is 6.15. The van der Waals surface area contributed by atoms with Gasteiger partial charge in [-0.05, 0) is 31.2 Å². The molecule has 0 saturated heterocycles. The molecule has 1 aromatic heterocycles. The van der Waals surface area contributed by atoms with Gasteiger partial charge < -0.3 is 4.90 Å². The van der Waals surface area contributed by atoms with Gasteiger partial charge in [-0.1, -0.05) is 41.6 Å². The molecule has 4 rings (SSSR count). The number of nitrogens with zero attached hydrogens (tertiary/aromatic N) is 4. The number of hydrogen-bond acceptors (Lipinski definition) is 6. The van der Waals surface area contributed by atoms with E-state index in [9.17, 15) is 8.42 Å². The van der Waals surface area contributed by atoms with Crippen molar-refractivity contribution in [3.63, 3.8) is 0 Å². The summed E-state index contributed by atoms with van der Waals surface area (Å²) in [5, 5.41) is 14.7. The zero-order chi connectivity index (χ0) is 18.3. The molecular formula is C17H17N5O2S2. The number of rotatable bonds is 3. The number of thioether (sulfide) groups is 1. The van der Waals surface area contributed by atoms with Gasteiger partial charge >= 0.3 is 0 Å². The van der Waals surface area contributed by atoms with Gasteiger partial charge in [-0.2, -0.15) is 0 Å². The van der Waals surface area contributed by atoms with Gasteiger partial charge in [0.15, 0.2) is 11.0 Å². The second-order valence-corrected chi connectivity index (χ2v) is 8.57. The number of hydrogen-bond donors (Lipinski definition) is 1. The topological polar surface area (TPSA) is 94.1 Å². The van der Waals surface area contributed by atoms with Crippen LogP contribution >= 0.6 is 11.8 Å². The van der Waals surface area contributed by atoms with Crippen LogP contribution in [0, 0.1) is 6.92 Å². The monoisotopic (exact) mass is 387 g/mol. The maximum atomic E-state index is 11.4. The predicted octanol–water partition coefficient (Wildman–Crippen LogP) is 2.43. The van der Waals surface area contributed by atoms with Crippen molar-refractivity contribution in [1.82, 2.24) is 14.8 Å². The number of aromatic nitrogens is 3. The molecule has 1 aliphatic heterocycles. The van der Waals surface area contributed by atoms with E-state index in [0.29, 0.717) is 12.5 Å². The van der Waals surface area contributed by atoms with E-state index in [-0.39, 0.29) is 4.90 Å². The van der Waals surface area contributed by atoms with E-state index in [1.165, 1.54) is 17.7 Å². The van der Waals surface area contributed by atoms with Gasteiger partial charge in [0.25, 0.3) is 0 Å². The highest BCUT2D eigenvalue weighted by Gasteiger charge is 2.23. The largest absolute Gasteiger partial charge is 0.344 e. The van der Waals surface area contributed by atoms with E-state index in [0.717, 1.165) is 22.2 Å². The Balaban J connectivity index is 1.63. The fraction of sp³-hybridized carbons (Fsp3) is 0.176. The summed E-state index contributed by atoms with van der Waals surface area (Å²) in [6.07, 6.45) is 0. The summed E-state index contributed by atoms with van der Waals surface area (Å²) in [7, 11) is -3.69. The Morgan fingerprint density at radius 1 is 1.04 bits per heavy atom. The summed E-state index contributed by atoms with van der Waals surface area (Å²) >= 11 is 1.59. The normalized spacial score (nSPS) is 14.3. The molecule has 134 valence electrons. The van der Waals surface area contributed by atoms with Gasteiger partial charge in [0.2, 0.25) is 10.0 Å². The van der Waals surface area contributed by atoms with Gasteiger partial charge in [-0.15, -0.1) is 10.2 Å². The Hall–Kier alpha value is -2.36. The summed E-state index contributed by atoms with van der Waals surface area (Å²) in [5.41, 5.74) is 3.12. The molecule has 0 atom stereocenters. The van der Waals surface area contributed by atoms with Crippen LogP contribution in [0.25, 0.3) is 11.4 Å². The van der Waals surface area contributed by atoms with Crippen molar-refractivity contribution in [3.05, 3.63) is 54.1 Å². The van der Waals surface area contributed by atoms with Gasteiger partial charge in [0.1, 0.15) is 0 Å². The van der Waals surface area contributed by atoms with Crippen LogP contribution in [0.2, 0.25) is 0 Å². The van der Waals surface area contributed by atoms with Gasteiger partial charge in [0.05, 0.1) is 17.4 Å². The second-order valence-electron chi connectivity index (χ2n) is 6.09. The molecule has 0 saturated carbocycles. The molecule has 2 aromatic carbocycles. The minimum absolute atomic E-state index is 0.108. The highest BCUT2D eigenvalue weighted by molar-refractivity contribution is 7.99. The summed E-state index contributed by atoms with van der Waals surface area (Å²) in [6, 6.07) is 14.8. The number of aryl methyl sites for hydroxylation is 1. The standard InChI is InChI=1S/C17H17N5O2S2/c1-12-2-4-13(5-3-12)16-19-20-17-22(16)10-21(11-25-17)14-6-8-15(9-7-14)26(18,23)24/h2-9H,10-11H2,1H3,(H2,18,23,24). The van der Waals surface area contributed by atoms with Crippen LogP contribution in [0.1, 0.15) is 5.56 Å². The Labute approximate surface area is 155 Å². The van der Waals surface area contributed by atoms with Crippen LogP contribution < -0.4 is 10.0 Å². The van der Waals surface area contributed by atoms with Crippen LogP contribution in [-0.4, -0.2) is 29.1 Å². The lowest BCUT2D eigenvalue weighted by Gasteiger charge is -2.29. The van der Waals surface area contributed by atoms with Crippen LogP contribution in [0.15, 0.2) is 58.6 Å². The maximum absolute atomic E-state index is 11.4. The molecule has 1 aliphatic rings. The quantitative estimate of drug-likeness (QED) is 0.742. The van der Waals surface area contributed by atoms with Crippen LogP contribution in [0.4, 0.5) is 5.69 Å². The van der Waals surface area contributed by atoms with Crippen LogP contribution in [-0.2, 0) is 16.7 Å². The molecular weight excluding hydrogens is 370 g/mol. The minimum atomic E-state index is -3.69. The third kappa shape index (κ3) is 3.20. The average Bonchev–Trinajstić information content (AvgIpc) is 3.05. The molecule has 2 heterocycles. The Morgan fingerprint density at radius 3 is 2.38 bits per heavy atom. The number of benzene rings is 2. The fourth-order valence-electron chi connectivity index (χ4n) is 2.79. The minimum Gasteiger partial charge on any atom is -0.344 e. The molecule has 3 aromatic rings. The zero-order valence-corrected chi connectivity index (χ0v) is 15.7. The van der Waals surface area contributed by atoms with Crippen molar-refractivity contribution in [2.75, 3.05) is 10.8 Å². The Kier molecular flexibility index (Phi) is 4.22. The van der Waals surface area contributed by atoms with Crippen molar-refractivity contribution in [3.8, 4) is 11.4 Å². The van der Waals surface area contributed by atoms with Crippen molar-refractivity contribution in [1.29, 1.82) is 0 Å². The average molecular weight is 387 g/mol. The third-order valence-electron chi connectivity index (χ3n) is 4.22. The number of fused-ring (bicyclic) bond motifs is 1. The molecule has 0 spiro atoms. The number of nitrogens with two attached hydrogens (primary N) is 1. The summed E-state index contributed by atoms with van der Waals surface area (Å²) in [5.74, 6) is 1.53. The first-order valence-corrected chi connectivity index (χ1v) is 10.5. The highest BCUT2D eigenvalue weighted by Crippen LogP contribution is 2.32. The SMILES string of the molecule is Cc1ccc(-c2nnc3n2CN(c2ccc(S(N)(=O)=O)cc2)CS3)cc1. The van der Waals surface area contributed by atoms with Crippen molar-refractivity contribution in [2.45, 2.75) is 23.6 Å². The maximum Gasteiger partial charge on any atom is 0.238 e. The molecule has 26 heavy (non-hydrogen) atoms. The highest BCUT2D eigenvalue weighted by atomic mass is 32.2. The Bertz CT molecular complexity index is 1040. The first kappa shape index (κ1) is 17.1. The predicted molar refractivity (Wildman–Crippen MR) is 101 cm³/mol. The molecule has 0 aliphatic carbocycles. The van der Waals surface area contributed by atoms with E-state index in [4.69, 9.17) is 5.14 Å². The van der Waals surface area contributed by atoms with Gasteiger partial charge in [-0.25, -0.2) is 13.6 Å². The molecule has 0 amide bonds.